The summed E-state index contributed by atoms with van der Waals surface area (Å²) in [6, 6.07) is 0. The second-order valence-electron chi connectivity index (χ2n) is 0.894. The van der Waals surface area contributed by atoms with Crippen molar-refractivity contribution in [1.82, 2.24) is 0 Å². The van der Waals surface area contributed by atoms with Gasteiger partial charge in [0, 0.05) is 0 Å². The number of hydrogen-bond donors (Lipinski definition) is 1. The Balaban J connectivity index is 3.38. The first-order valence-corrected chi connectivity index (χ1v) is 1.85. The van der Waals surface area contributed by atoms with E-state index in [1.165, 1.54) is 20.4 Å². The van der Waals surface area contributed by atoms with Gasteiger partial charge in [-0.15, -0.1) is 0 Å². The Hall–Kier alpha value is -0.860. The van der Waals surface area contributed by atoms with Gasteiger partial charge in [0.15, 0.2) is 0 Å². The molecule has 0 aliphatic heterocycles. The molecular formula is C4H9NO2. The van der Waals surface area contributed by atoms with Crippen LogP contribution in [-0.4, -0.2) is 14.2 Å². The summed E-state index contributed by atoms with van der Waals surface area (Å²) in [5.41, 5.74) is 4.98. The van der Waals surface area contributed by atoms with Crippen molar-refractivity contribution in [3.63, 3.8) is 0 Å². The first kappa shape index (κ1) is 6.14. The first-order valence-electron chi connectivity index (χ1n) is 1.85. The summed E-state index contributed by atoms with van der Waals surface area (Å²) in [5, 5.41) is 0. The highest BCUT2D eigenvalue weighted by atomic mass is 16.7. The second-order valence-corrected chi connectivity index (χ2v) is 0.894. The molecule has 0 spiro atoms. The van der Waals surface area contributed by atoms with Gasteiger partial charge in [0.1, 0.15) is 0 Å². The molecule has 0 saturated heterocycles. The van der Waals surface area contributed by atoms with Crippen molar-refractivity contribution in [3.05, 3.63) is 12.1 Å². The summed E-state index contributed by atoms with van der Waals surface area (Å²) in [6.45, 7) is 0. The standard InChI is InChI=1S/C4H9NO2/c1-6-4(3-5)7-2/h3H,5H2,1-2H3. The lowest BCUT2D eigenvalue weighted by molar-refractivity contribution is 0.0944. The van der Waals surface area contributed by atoms with Crippen molar-refractivity contribution < 1.29 is 9.47 Å². The first-order chi connectivity index (χ1) is 3.35. The van der Waals surface area contributed by atoms with Crippen molar-refractivity contribution >= 4 is 0 Å². The van der Waals surface area contributed by atoms with Crippen LogP contribution in [0.3, 0.4) is 0 Å². The summed E-state index contributed by atoms with van der Waals surface area (Å²) in [6.07, 6.45) is 1.25. The molecule has 0 fully saturated rings. The molecule has 0 saturated carbocycles. The average Bonchev–Trinajstić information content (AvgIpc) is 1.72. The van der Waals surface area contributed by atoms with Gasteiger partial charge in [-0.2, -0.15) is 0 Å². The van der Waals surface area contributed by atoms with Gasteiger partial charge in [-0.3, -0.25) is 0 Å². The quantitative estimate of drug-likeness (QED) is 0.502. The molecule has 0 atom stereocenters. The molecule has 0 radical (unpaired) electrons. The number of hydrogen-bond acceptors (Lipinski definition) is 3. The second kappa shape index (κ2) is 3.33. The van der Waals surface area contributed by atoms with E-state index in [2.05, 4.69) is 9.47 Å². The molecule has 0 aliphatic carbocycles. The Kier molecular flexibility index (Phi) is 2.92. The van der Waals surface area contributed by atoms with Crippen LogP contribution < -0.4 is 5.73 Å². The van der Waals surface area contributed by atoms with Crippen LogP contribution in [0, 0.1) is 0 Å². The predicted octanol–water partition coefficient (Wildman–Crippen LogP) is 0.0368. The summed E-state index contributed by atoms with van der Waals surface area (Å²) < 4.78 is 9.12. The fourth-order valence-electron chi connectivity index (χ4n) is 0.219. The maximum Gasteiger partial charge on any atom is 0.294 e. The van der Waals surface area contributed by atoms with E-state index in [1.54, 1.807) is 0 Å². The monoisotopic (exact) mass is 103 g/mol. The lowest BCUT2D eigenvalue weighted by atomic mass is 10.9. The van der Waals surface area contributed by atoms with Gasteiger partial charge in [0.25, 0.3) is 5.95 Å². The third-order valence-electron chi connectivity index (χ3n) is 0.538. The minimum absolute atomic E-state index is 0.333. The number of ether oxygens (including phenoxy) is 2. The SMILES string of the molecule is COC(=CN)OC. The molecule has 2 N–H and O–H groups in total. The molecule has 0 amide bonds. The minimum Gasteiger partial charge on any atom is -0.468 e. The summed E-state index contributed by atoms with van der Waals surface area (Å²) in [4.78, 5) is 0. The van der Waals surface area contributed by atoms with Crippen molar-refractivity contribution in [2.45, 2.75) is 0 Å². The fourth-order valence-corrected chi connectivity index (χ4v) is 0.219. The fraction of sp³-hybridized carbons (Fsp3) is 0.500. The highest BCUT2D eigenvalue weighted by molar-refractivity contribution is 4.75. The Bertz CT molecular complexity index is 64.1. The molecule has 0 unspecified atom stereocenters. The maximum absolute atomic E-state index is 4.98. The molecule has 0 aromatic heterocycles. The molecule has 0 aromatic carbocycles. The van der Waals surface area contributed by atoms with Crippen molar-refractivity contribution in [2.75, 3.05) is 14.2 Å². The van der Waals surface area contributed by atoms with Crippen LogP contribution in [-0.2, 0) is 9.47 Å². The lowest BCUT2D eigenvalue weighted by Crippen LogP contribution is -1.92. The van der Waals surface area contributed by atoms with E-state index < -0.39 is 0 Å². The largest absolute Gasteiger partial charge is 0.468 e. The summed E-state index contributed by atoms with van der Waals surface area (Å²) >= 11 is 0. The molecule has 3 heteroatoms. The summed E-state index contributed by atoms with van der Waals surface area (Å²) in [7, 11) is 2.98. The van der Waals surface area contributed by atoms with Crippen molar-refractivity contribution in [1.29, 1.82) is 0 Å². The van der Waals surface area contributed by atoms with E-state index in [1.807, 2.05) is 0 Å². The zero-order chi connectivity index (χ0) is 5.70. The van der Waals surface area contributed by atoms with Crippen LogP contribution in [0.25, 0.3) is 0 Å². The Morgan fingerprint density at radius 1 is 1.43 bits per heavy atom. The van der Waals surface area contributed by atoms with Gasteiger partial charge in [-0.25, -0.2) is 0 Å². The zero-order valence-corrected chi connectivity index (χ0v) is 4.47. The Morgan fingerprint density at radius 3 is 1.86 bits per heavy atom. The van der Waals surface area contributed by atoms with Gasteiger partial charge >= 0.3 is 0 Å². The van der Waals surface area contributed by atoms with Gasteiger partial charge in [0.2, 0.25) is 0 Å². The Morgan fingerprint density at radius 2 is 1.86 bits per heavy atom. The van der Waals surface area contributed by atoms with Gasteiger partial charge in [-0.1, -0.05) is 0 Å². The van der Waals surface area contributed by atoms with Crippen molar-refractivity contribution in [3.8, 4) is 0 Å². The van der Waals surface area contributed by atoms with Crippen LogP contribution in [0.5, 0.6) is 0 Å². The molecule has 3 nitrogen and oxygen atoms in total. The topological polar surface area (TPSA) is 44.5 Å². The molecule has 0 aliphatic rings. The predicted molar refractivity (Wildman–Crippen MR) is 26.3 cm³/mol. The van der Waals surface area contributed by atoms with Gasteiger partial charge in [0.05, 0.1) is 20.4 Å². The zero-order valence-electron chi connectivity index (χ0n) is 4.47. The normalized spacial score (nSPS) is 7.14. The van der Waals surface area contributed by atoms with Gasteiger partial charge < -0.3 is 15.2 Å². The van der Waals surface area contributed by atoms with Crippen LogP contribution in [0.15, 0.2) is 12.1 Å². The third-order valence-corrected chi connectivity index (χ3v) is 0.538. The minimum atomic E-state index is 0.333. The van der Waals surface area contributed by atoms with E-state index in [4.69, 9.17) is 5.73 Å². The van der Waals surface area contributed by atoms with E-state index in [9.17, 15) is 0 Å². The van der Waals surface area contributed by atoms with E-state index >= 15 is 0 Å². The van der Waals surface area contributed by atoms with E-state index in [-0.39, 0.29) is 0 Å². The maximum atomic E-state index is 4.98. The van der Waals surface area contributed by atoms with E-state index in [0.29, 0.717) is 5.95 Å². The highest BCUT2D eigenvalue weighted by Gasteiger charge is 1.84. The Labute approximate surface area is 42.7 Å². The molecule has 42 valence electrons. The van der Waals surface area contributed by atoms with Crippen LogP contribution in [0.2, 0.25) is 0 Å². The van der Waals surface area contributed by atoms with Crippen LogP contribution in [0.4, 0.5) is 0 Å². The molecule has 0 heterocycles. The number of rotatable bonds is 2. The van der Waals surface area contributed by atoms with Crippen LogP contribution >= 0.6 is 0 Å². The summed E-state index contributed by atoms with van der Waals surface area (Å²) in [5.74, 6) is 0.333. The number of nitrogens with two attached hydrogens (primary N) is 1. The van der Waals surface area contributed by atoms with Crippen LogP contribution in [0.1, 0.15) is 0 Å². The highest BCUT2D eigenvalue weighted by Crippen LogP contribution is 1.88. The molecule has 0 rings (SSSR count). The number of methoxy groups -OCH3 is 2. The average molecular weight is 103 g/mol. The van der Waals surface area contributed by atoms with Gasteiger partial charge in [-0.05, 0) is 0 Å². The van der Waals surface area contributed by atoms with E-state index in [0.717, 1.165) is 0 Å². The molecular weight excluding hydrogens is 94.0 g/mol. The molecule has 0 bridgehead atoms. The smallest absolute Gasteiger partial charge is 0.294 e. The lowest BCUT2D eigenvalue weighted by Gasteiger charge is -1.99. The van der Waals surface area contributed by atoms with Crippen molar-refractivity contribution in [2.24, 2.45) is 5.73 Å². The molecule has 7 heavy (non-hydrogen) atoms. The molecule has 0 aromatic rings. The third kappa shape index (κ3) is 1.92.